The minimum atomic E-state index is 0.292. The molecule has 0 aliphatic rings. The summed E-state index contributed by atoms with van der Waals surface area (Å²) >= 11 is 18.5. The number of hydrogen-bond donors (Lipinski definition) is 0. The molecule has 0 atom stereocenters. The SMILES string of the molecule is CCc1nc2nc(Cl)c(-c3ccc(Cl)cc3)c(Cl)n2n1. The van der Waals surface area contributed by atoms with Crippen LogP contribution in [0.15, 0.2) is 24.3 Å². The molecule has 3 aromatic rings. The Morgan fingerprint density at radius 3 is 2.40 bits per heavy atom. The van der Waals surface area contributed by atoms with Gasteiger partial charge in [0.2, 0.25) is 0 Å². The summed E-state index contributed by atoms with van der Waals surface area (Å²) in [5.74, 6) is 1.07. The first-order chi connectivity index (χ1) is 9.60. The fourth-order valence-electron chi connectivity index (χ4n) is 1.89. The average molecular weight is 328 g/mol. The molecular formula is C13H9Cl3N4. The fraction of sp³-hybridized carbons (Fsp3) is 0.154. The fourth-order valence-corrected chi connectivity index (χ4v) is 2.65. The molecule has 0 aliphatic carbocycles. The van der Waals surface area contributed by atoms with E-state index in [0.717, 1.165) is 5.56 Å². The molecule has 0 radical (unpaired) electrons. The lowest BCUT2D eigenvalue weighted by atomic mass is 10.1. The van der Waals surface area contributed by atoms with Crippen molar-refractivity contribution in [2.45, 2.75) is 13.3 Å². The van der Waals surface area contributed by atoms with Gasteiger partial charge in [-0.1, -0.05) is 53.9 Å². The van der Waals surface area contributed by atoms with Crippen LogP contribution in [0.3, 0.4) is 0 Å². The zero-order chi connectivity index (χ0) is 14.3. The predicted octanol–water partition coefficient (Wildman–Crippen LogP) is 4.31. The van der Waals surface area contributed by atoms with Crippen LogP contribution in [0.5, 0.6) is 0 Å². The summed E-state index contributed by atoms with van der Waals surface area (Å²) in [5.41, 5.74) is 1.44. The summed E-state index contributed by atoms with van der Waals surface area (Å²) in [5, 5.41) is 5.62. The van der Waals surface area contributed by atoms with E-state index in [-0.39, 0.29) is 0 Å². The molecule has 0 N–H and O–H groups in total. The minimum Gasteiger partial charge on any atom is -0.198 e. The highest BCUT2D eigenvalue weighted by Gasteiger charge is 2.17. The van der Waals surface area contributed by atoms with E-state index in [1.54, 1.807) is 12.1 Å². The molecule has 0 fully saturated rings. The molecule has 0 bridgehead atoms. The van der Waals surface area contributed by atoms with Gasteiger partial charge in [0.15, 0.2) is 5.82 Å². The highest BCUT2D eigenvalue weighted by atomic mass is 35.5. The van der Waals surface area contributed by atoms with Gasteiger partial charge in [0.1, 0.15) is 10.3 Å². The zero-order valence-electron chi connectivity index (χ0n) is 10.4. The number of aromatic nitrogens is 4. The van der Waals surface area contributed by atoms with Crippen LogP contribution in [0, 0.1) is 0 Å². The van der Waals surface area contributed by atoms with Gasteiger partial charge < -0.3 is 0 Å². The topological polar surface area (TPSA) is 43.1 Å². The summed E-state index contributed by atoms with van der Waals surface area (Å²) in [6.07, 6.45) is 0.702. The number of halogens is 3. The highest BCUT2D eigenvalue weighted by Crippen LogP contribution is 2.34. The monoisotopic (exact) mass is 326 g/mol. The number of hydrogen-bond acceptors (Lipinski definition) is 3. The molecule has 20 heavy (non-hydrogen) atoms. The van der Waals surface area contributed by atoms with Gasteiger partial charge >= 0.3 is 0 Å². The molecule has 0 unspecified atom stereocenters. The van der Waals surface area contributed by atoms with E-state index < -0.39 is 0 Å². The zero-order valence-corrected chi connectivity index (χ0v) is 12.7. The first-order valence-electron chi connectivity index (χ1n) is 5.96. The molecule has 0 saturated carbocycles. The Morgan fingerprint density at radius 2 is 1.75 bits per heavy atom. The van der Waals surface area contributed by atoms with Crippen molar-refractivity contribution < 1.29 is 0 Å². The summed E-state index contributed by atoms with van der Waals surface area (Å²) in [6, 6.07) is 7.21. The molecule has 0 spiro atoms. The molecule has 2 aromatic heterocycles. The standard InChI is InChI=1S/C13H9Cl3N4/c1-2-9-17-13-18-11(15)10(12(16)20(13)19-9)7-3-5-8(14)6-4-7/h3-6H,2H2,1H3. The lowest BCUT2D eigenvalue weighted by Crippen LogP contribution is -1.97. The van der Waals surface area contributed by atoms with E-state index in [2.05, 4.69) is 15.1 Å². The van der Waals surface area contributed by atoms with Crippen molar-refractivity contribution in [2.75, 3.05) is 0 Å². The number of nitrogens with zero attached hydrogens (tertiary/aromatic N) is 4. The molecule has 4 nitrogen and oxygen atoms in total. The van der Waals surface area contributed by atoms with E-state index in [1.807, 2.05) is 19.1 Å². The van der Waals surface area contributed by atoms with Crippen molar-refractivity contribution in [3.8, 4) is 11.1 Å². The first kappa shape index (κ1) is 13.6. The Balaban J connectivity index is 2.27. The van der Waals surface area contributed by atoms with Gasteiger partial charge in [-0.25, -0.2) is 0 Å². The summed E-state index contributed by atoms with van der Waals surface area (Å²) < 4.78 is 1.50. The van der Waals surface area contributed by atoms with Crippen LogP contribution in [0.25, 0.3) is 16.9 Å². The van der Waals surface area contributed by atoms with Gasteiger partial charge in [-0.05, 0) is 17.7 Å². The van der Waals surface area contributed by atoms with E-state index in [0.29, 0.717) is 38.9 Å². The lowest BCUT2D eigenvalue weighted by Gasteiger charge is -2.07. The largest absolute Gasteiger partial charge is 0.255 e. The van der Waals surface area contributed by atoms with Crippen LogP contribution in [-0.4, -0.2) is 19.6 Å². The molecule has 3 rings (SSSR count). The normalized spacial score (nSPS) is 11.2. The van der Waals surface area contributed by atoms with E-state index in [4.69, 9.17) is 34.8 Å². The summed E-state index contributed by atoms with van der Waals surface area (Å²) in [4.78, 5) is 8.49. The van der Waals surface area contributed by atoms with Gasteiger partial charge in [-0.15, -0.1) is 5.10 Å². The maximum atomic E-state index is 6.39. The number of rotatable bonds is 2. The Morgan fingerprint density at radius 1 is 1.05 bits per heavy atom. The Labute approximate surface area is 130 Å². The van der Waals surface area contributed by atoms with E-state index in [1.165, 1.54) is 4.52 Å². The van der Waals surface area contributed by atoms with E-state index in [9.17, 15) is 0 Å². The Bertz CT molecular complexity index is 780. The van der Waals surface area contributed by atoms with Gasteiger partial charge in [0.05, 0.1) is 5.56 Å². The van der Waals surface area contributed by atoms with Gasteiger partial charge in [0.25, 0.3) is 5.78 Å². The molecule has 2 heterocycles. The lowest BCUT2D eigenvalue weighted by molar-refractivity contribution is 0.881. The van der Waals surface area contributed by atoms with Gasteiger partial charge in [0, 0.05) is 11.4 Å². The van der Waals surface area contributed by atoms with Crippen molar-refractivity contribution in [1.29, 1.82) is 0 Å². The average Bonchev–Trinajstić information content (AvgIpc) is 2.84. The van der Waals surface area contributed by atoms with Crippen LogP contribution in [0.2, 0.25) is 15.3 Å². The molecule has 1 aromatic carbocycles. The third-order valence-corrected chi connectivity index (χ3v) is 3.75. The second-order valence-corrected chi connectivity index (χ2v) is 5.32. The predicted molar refractivity (Wildman–Crippen MR) is 80.6 cm³/mol. The second kappa shape index (κ2) is 5.20. The first-order valence-corrected chi connectivity index (χ1v) is 7.10. The van der Waals surface area contributed by atoms with Crippen molar-refractivity contribution in [2.24, 2.45) is 0 Å². The molecule has 0 amide bonds. The highest BCUT2D eigenvalue weighted by molar-refractivity contribution is 6.38. The molecule has 7 heteroatoms. The summed E-state index contributed by atoms with van der Waals surface area (Å²) in [7, 11) is 0. The van der Waals surface area contributed by atoms with Crippen molar-refractivity contribution in [1.82, 2.24) is 19.6 Å². The third-order valence-electron chi connectivity index (χ3n) is 2.88. The van der Waals surface area contributed by atoms with Gasteiger partial charge in [-0.2, -0.15) is 14.5 Å². The van der Waals surface area contributed by atoms with Crippen molar-refractivity contribution >= 4 is 40.6 Å². The Hall–Kier alpha value is -1.36. The van der Waals surface area contributed by atoms with Crippen molar-refractivity contribution in [3.63, 3.8) is 0 Å². The molecule has 0 aliphatic heterocycles. The molecule has 0 saturated heterocycles. The minimum absolute atomic E-state index is 0.292. The quantitative estimate of drug-likeness (QED) is 0.659. The molecular weight excluding hydrogens is 319 g/mol. The smallest absolute Gasteiger partial charge is 0.198 e. The second-order valence-electron chi connectivity index (χ2n) is 4.17. The Kier molecular flexibility index (Phi) is 3.54. The van der Waals surface area contributed by atoms with E-state index >= 15 is 0 Å². The molecule has 102 valence electrons. The van der Waals surface area contributed by atoms with Crippen molar-refractivity contribution in [3.05, 3.63) is 45.4 Å². The number of aryl methyl sites for hydroxylation is 1. The van der Waals surface area contributed by atoms with Crippen LogP contribution in [-0.2, 0) is 6.42 Å². The van der Waals surface area contributed by atoms with Crippen LogP contribution < -0.4 is 0 Å². The number of fused-ring (bicyclic) bond motifs is 1. The number of benzene rings is 1. The van der Waals surface area contributed by atoms with Crippen LogP contribution >= 0.6 is 34.8 Å². The van der Waals surface area contributed by atoms with Gasteiger partial charge in [-0.3, -0.25) is 0 Å². The summed E-state index contributed by atoms with van der Waals surface area (Å²) in [6.45, 7) is 1.96. The maximum absolute atomic E-state index is 6.39. The maximum Gasteiger partial charge on any atom is 0.255 e. The van der Waals surface area contributed by atoms with Crippen LogP contribution in [0.1, 0.15) is 12.7 Å². The third kappa shape index (κ3) is 2.24. The van der Waals surface area contributed by atoms with Crippen LogP contribution in [0.4, 0.5) is 0 Å².